The highest BCUT2D eigenvalue weighted by atomic mass is 19.1. The first-order chi connectivity index (χ1) is 9.51. The lowest BCUT2D eigenvalue weighted by Gasteiger charge is -2.10. The van der Waals surface area contributed by atoms with Crippen LogP contribution in [0.25, 0.3) is 0 Å². The lowest BCUT2D eigenvalue weighted by Crippen LogP contribution is -1.95. The van der Waals surface area contributed by atoms with Crippen LogP contribution in [0.3, 0.4) is 0 Å². The Morgan fingerprint density at radius 2 is 1.90 bits per heavy atom. The third-order valence-corrected chi connectivity index (χ3v) is 2.69. The summed E-state index contributed by atoms with van der Waals surface area (Å²) in [5.74, 6) is 0.165. The lowest BCUT2D eigenvalue weighted by molar-refractivity contribution is -0.384. The standard InChI is InChI=1S/C14H10FNO4/c1-9-6-11(15)2-4-13(9)20-14-5-3-12(16(18)19)7-10(14)8-17/h2-8H,1H3. The van der Waals surface area contributed by atoms with E-state index in [0.29, 0.717) is 17.6 Å². The normalized spacial score (nSPS) is 10.1. The molecule has 0 atom stereocenters. The van der Waals surface area contributed by atoms with Crippen molar-refractivity contribution < 1.29 is 18.8 Å². The summed E-state index contributed by atoms with van der Waals surface area (Å²) in [6.45, 7) is 1.66. The molecular formula is C14H10FNO4. The molecular weight excluding hydrogens is 265 g/mol. The third-order valence-electron chi connectivity index (χ3n) is 2.69. The van der Waals surface area contributed by atoms with Crippen LogP contribution in [-0.2, 0) is 0 Å². The van der Waals surface area contributed by atoms with Gasteiger partial charge in [-0.3, -0.25) is 14.9 Å². The van der Waals surface area contributed by atoms with Crippen molar-refractivity contribution in [2.24, 2.45) is 0 Å². The summed E-state index contributed by atoms with van der Waals surface area (Å²) in [6.07, 6.45) is 0.473. The Bertz CT molecular complexity index is 685. The number of nitro benzene ring substituents is 1. The molecule has 0 saturated carbocycles. The zero-order valence-corrected chi connectivity index (χ0v) is 10.5. The fourth-order valence-electron chi connectivity index (χ4n) is 1.68. The van der Waals surface area contributed by atoms with E-state index in [1.54, 1.807) is 6.92 Å². The Hall–Kier alpha value is -2.76. The second-order valence-electron chi connectivity index (χ2n) is 4.11. The van der Waals surface area contributed by atoms with Crippen LogP contribution < -0.4 is 4.74 Å². The number of carbonyl (C=O) groups is 1. The second-order valence-corrected chi connectivity index (χ2v) is 4.11. The predicted molar refractivity (Wildman–Crippen MR) is 69.7 cm³/mol. The van der Waals surface area contributed by atoms with Gasteiger partial charge in [0.25, 0.3) is 5.69 Å². The number of rotatable bonds is 4. The second kappa shape index (κ2) is 5.48. The van der Waals surface area contributed by atoms with Gasteiger partial charge in [0.1, 0.15) is 17.3 Å². The minimum atomic E-state index is -0.597. The van der Waals surface area contributed by atoms with Gasteiger partial charge in [-0.05, 0) is 36.8 Å². The van der Waals surface area contributed by atoms with E-state index in [1.165, 1.54) is 30.3 Å². The van der Waals surface area contributed by atoms with Crippen LogP contribution in [0, 0.1) is 22.9 Å². The highest BCUT2D eigenvalue weighted by Gasteiger charge is 2.12. The highest BCUT2D eigenvalue weighted by Crippen LogP contribution is 2.29. The molecule has 20 heavy (non-hydrogen) atoms. The van der Waals surface area contributed by atoms with Gasteiger partial charge in [-0.25, -0.2) is 4.39 Å². The summed E-state index contributed by atoms with van der Waals surface area (Å²) in [4.78, 5) is 21.0. The third kappa shape index (κ3) is 2.80. The van der Waals surface area contributed by atoms with E-state index >= 15 is 0 Å². The maximum absolute atomic E-state index is 13.0. The maximum Gasteiger partial charge on any atom is 0.270 e. The smallest absolute Gasteiger partial charge is 0.270 e. The minimum Gasteiger partial charge on any atom is -0.456 e. The fourth-order valence-corrected chi connectivity index (χ4v) is 1.68. The molecule has 0 heterocycles. The number of halogens is 1. The van der Waals surface area contributed by atoms with E-state index in [4.69, 9.17) is 4.74 Å². The minimum absolute atomic E-state index is 0.0583. The molecule has 0 N–H and O–H groups in total. The molecule has 0 fully saturated rings. The number of nitro groups is 1. The van der Waals surface area contributed by atoms with E-state index in [9.17, 15) is 19.3 Å². The fraction of sp³-hybridized carbons (Fsp3) is 0.0714. The number of aldehydes is 1. The Morgan fingerprint density at radius 1 is 1.20 bits per heavy atom. The first-order valence-corrected chi connectivity index (χ1v) is 5.69. The topological polar surface area (TPSA) is 69.4 Å². The monoisotopic (exact) mass is 275 g/mol. The van der Waals surface area contributed by atoms with Gasteiger partial charge in [0, 0.05) is 12.1 Å². The molecule has 6 heteroatoms. The van der Waals surface area contributed by atoms with Crippen molar-refractivity contribution in [3.63, 3.8) is 0 Å². The van der Waals surface area contributed by atoms with E-state index in [1.807, 2.05) is 0 Å². The zero-order valence-electron chi connectivity index (χ0n) is 10.5. The van der Waals surface area contributed by atoms with E-state index < -0.39 is 10.7 Å². The van der Waals surface area contributed by atoms with Crippen molar-refractivity contribution in [1.82, 2.24) is 0 Å². The molecule has 0 aromatic heterocycles. The van der Waals surface area contributed by atoms with Crippen LogP contribution in [0.5, 0.6) is 11.5 Å². The predicted octanol–water partition coefficient (Wildman–Crippen LogP) is 3.65. The average Bonchev–Trinajstić information content (AvgIpc) is 2.42. The van der Waals surface area contributed by atoms with Crippen molar-refractivity contribution in [3.8, 4) is 11.5 Å². The van der Waals surface area contributed by atoms with Gasteiger partial charge < -0.3 is 4.74 Å². The summed E-state index contributed by atoms with van der Waals surface area (Å²) in [6, 6.07) is 7.66. The maximum atomic E-state index is 13.0. The molecule has 0 bridgehead atoms. The van der Waals surface area contributed by atoms with Gasteiger partial charge in [-0.15, -0.1) is 0 Å². The van der Waals surface area contributed by atoms with Crippen LogP contribution in [-0.4, -0.2) is 11.2 Å². The Morgan fingerprint density at radius 3 is 2.50 bits per heavy atom. The number of aryl methyl sites for hydroxylation is 1. The number of non-ortho nitro benzene ring substituents is 1. The molecule has 2 aromatic carbocycles. The van der Waals surface area contributed by atoms with Crippen molar-refractivity contribution in [2.45, 2.75) is 6.92 Å². The summed E-state index contributed by atoms with van der Waals surface area (Å²) < 4.78 is 18.5. The van der Waals surface area contributed by atoms with Gasteiger partial charge in [0.2, 0.25) is 0 Å². The molecule has 102 valence electrons. The van der Waals surface area contributed by atoms with Gasteiger partial charge in [0.15, 0.2) is 6.29 Å². The van der Waals surface area contributed by atoms with Crippen LogP contribution in [0.4, 0.5) is 10.1 Å². The van der Waals surface area contributed by atoms with Crippen LogP contribution in [0.1, 0.15) is 15.9 Å². The quantitative estimate of drug-likeness (QED) is 0.485. The number of benzene rings is 2. The number of nitrogens with zero attached hydrogens (tertiary/aromatic N) is 1. The van der Waals surface area contributed by atoms with E-state index in [0.717, 1.165) is 6.07 Å². The number of carbonyl (C=O) groups excluding carboxylic acids is 1. The van der Waals surface area contributed by atoms with Gasteiger partial charge in [0.05, 0.1) is 10.5 Å². The van der Waals surface area contributed by atoms with Gasteiger partial charge in [-0.2, -0.15) is 0 Å². The molecule has 0 aliphatic heterocycles. The number of ether oxygens (including phenoxy) is 1. The van der Waals surface area contributed by atoms with Crippen LogP contribution in [0.15, 0.2) is 36.4 Å². The zero-order chi connectivity index (χ0) is 14.7. The molecule has 2 rings (SSSR count). The molecule has 2 aromatic rings. The summed E-state index contributed by atoms with van der Waals surface area (Å²) in [5.41, 5.74) is 0.415. The lowest BCUT2D eigenvalue weighted by atomic mass is 10.2. The Kier molecular flexibility index (Phi) is 3.74. The van der Waals surface area contributed by atoms with Crippen molar-refractivity contribution in [3.05, 3.63) is 63.5 Å². The molecule has 0 amide bonds. The summed E-state index contributed by atoms with van der Waals surface area (Å²) in [5, 5.41) is 10.6. The Labute approximate surface area is 113 Å². The van der Waals surface area contributed by atoms with Crippen LogP contribution >= 0.6 is 0 Å². The molecule has 0 aliphatic carbocycles. The summed E-state index contributed by atoms with van der Waals surface area (Å²) in [7, 11) is 0. The van der Waals surface area contributed by atoms with Gasteiger partial charge in [-0.1, -0.05) is 0 Å². The first kappa shape index (κ1) is 13.7. The van der Waals surface area contributed by atoms with E-state index in [2.05, 4.69) is 0 Å². The molecule has 5 nitrogen and oxygen atoms in total. The summed E-state index contributed by atoms with van der Waals surface area (Å²) >= 11 is 0. The van der Waals surface area contributed by atoms with Crippen LogP contribution in [0.2, 0.25) is 0 Å². The molecule has 0 aliphatic rings. The van der Waals surface area contributed by atoms with Crippen molar-refractivity contribution >= 4 is 12.0 Å². The first-order valence-electron chi connectivity index (χ1n) is 5.69. The average molecular weight is 275 g/mol. The SMILES string of the molecule is Cc1cc(F)ccc1Oc1ccc([N+](=O)[O-])cc1C=O. The molecule has 0 spiro atoms. The number of hydrogen-bond donors (Lipinski definition) is 0. The largest absolute Gasteiger partial charge is 0.456 e. The van der Waals surface area contributed by atoms with E-state index in [-0.39, 0.29) is 17.0 Å². The van der Waals surface area contributed by atoms with Gasteiger partial charge >= 0.3 is 0 Å². The molecule has 0 unspecified atom stereocenters. The van der Waals surface area contributed by atoms with Crippen molar-refractivity contribution in [1.29, 1.82) is 0 Å². The van der Waals surface area contributed by atoms with Crippen molar-refractivity contribution in [2.75, 3.05) is 0 Å². The highest BCUT2D eigenvalue weighted by molar-refractivity contribution is 5.81. The molecule has 0 radical (unpaired) electrons. The molecule has 0 saturated heterocycles. The number of hydrogen-bond acceptors (Lipinski definition) is 4. The Balaban J connectivity index is 2.38.